The average Bonchev–Trinajstić information content (AvgIpc) is 2.55. The number of aryl methyl sites for hydroxylation is 2. The molecule has 0 aliphatic rings. The predicted octanol–water partition coefficient (Wildman–Crippen LogP) is 3.99. The van der Waals surface area contributed by atoms with Crippen LogP contribution < -0.4 is 19.5 Å². The first kappa shape index (κ1) is 17.9. The fourth-order valence-electron chi connectivity index (χ4n) is 2.31. The van der Waals surface area contributed by atoms with E-state index in [0.29, 0.717) is 28.0 Å². The van der Waals surface area contributed by atoms with E-state index in [9.17, 15) is 4.79 Å². The summed E-state index contributed by atoms with van der Waals surface area (Å²) in [5, 5.41) is 3.15. The minimum absolute atomic E-state index is 0.111. The van der Waals surface area contributed by atoms with E-state index in [4.69, 9.17) is 25.8 Å². The number of halogens is 1. The molecule has 0 heterocycles. The molecule has 5 nitrogen and oxygen atoms in total. The van der Waals surface area contributed by atoms with Crippen LogP contribution in [0.4, 0.5) is 5.69 Å². The number of methoxy groups -OCH3 is 2. The number of carbonyl (C=O) groups is 1. The van der Waals surface area contributed by atoms with E-state index in [2.05, 4.69) is 5.32 Å². The lowest BCUT2D eigenvalue weighted by molar-refractivity contribution is -0.118. The number of para-hydroxylation sites is 1. The molecule has 0 aliphatic heterocycles. The van der Waals surface area contributed by atoms with E-state index in [1.54, 1.807) is 12.1 Å². The number of rotatable bonds is 6. The van der Waals surface area contributed by atoms with Gasteiger partial charge in [-0.2, -0.15) is 0 Å². The molecule has 0 saturated heterocycles. The normalized spacial score (nSPS) is 10.2. The Hall–Kier alpha value is -2.40. The van der Waals surface area contributed by atoms with Crippen molar-refractivity contribution in [2.24, 2.45) is 0 Å². The van der Waals surface area contributed by atoms with E-state index in [0.717, 1.165) is 11.1 Å². The number of ether oxygens (including phenoxy) is 3. The number of anilines is 1. The Morgan fingerprint density at radius 3 is 2.29 bits per heavy atom. The van der Waals surface area contributed by atoms with Gasteiger partial charge in [-0.05, 0) is 25.0 Å². The minimum atomic E-state index is -0.305. The fraction of sp³-hybridized carbons (Fsp3) is 0.278. The zero-order valence-corrected chi connectivity index (χ0v) is 14.9. The van der Waals surface area contributed by atoms with Gasteiger partial charge in [0.1, 0.15) is 17.2 Å². The summed E-state index contributed by atoms with van der Waals surface area (Å²) >= 11 is 6.05. The third-order valence-corrected chi connectivity index (χ3v) is 3.80. The molecule has 0 spiro atoms. The number of hydrogen-bond donors (Lipinski definition) is 1. The minimum Gasteiger partial charge on any atom is -0.495 e. The molecule has 0 atom stereocenters. The standard InChI is InChI=1S/C18H20ClNO4/c1-11-6-5-7-12(2)18(11)24-10-17(21)20-14-9-15(22-3)13(19)8-16(14)23-4/h5-9H,10H2,1-4H3,(H,20,21). The first-order chi connectivity index (χ1) is 11.5. The van der Waals surface area contributed by atoms with E-state index in [1.807, 2.05) is 32.0 Å². The molecule has 0 aliphatic carbocycles. The van der Waals surface area contributed by atoms with Gasteiger partial charge in [-0.1, -0.05) is 29.8 Å². The maximum Gasteiger partial charge on any atom is 0.262 e. The topological polar surface area (TPSA) is 56.8 Å². The second-order valence-corrected chi connectivity index (χ2v) is 5.65. The molecule has 0 unspecified atom stereocenters. The first-order valence-corrected chi connectivity index (χ1v) is 7.74. The molecule has 1 amide bonds. The van der Waals surface area contributed by atoms with E-state index >= 15 is 0 Å². The van der Waals surface area contributed by atoms with Gasteiger partial charge in [-0.15, -0.1) is 0 Å². The van der Waals surface area contributed by atoms with Gasteiger partial charge in [-0.3, -0.25) is 4.79 Å². The monoisotopic (exact) mass is 349 g/mol. The zero-order valence-electron chi connectivity index (χ0n) is 14.1. The van der Waals surface area contributed by atoms with Crippen LogP contribution in [0.2, 0.25) is 5.02 Å². The van der Waals surface area contributed by atoms with Crippen LogP contribution in [-0.2, 0) is 4.79 Å². The second-order valence-electron chi connectivity index (χ2n) is 5.24. The van der Waals surface area contributed by atoms with Gasteiger partial charge in [0.25, 0.3) is 5.91 Å². The molecule has 0 aromatic heterocycles. The molecule has 2 aromatic carbocycles. The Labute approximate surface area is 146 Å². The molecular weight excluding hydrogens is 330 g/mol. The molecular formula is C18H20ClNO4. The number of benzene rings is 2. The van der Waals surface area contributed by atoms with Crippen LogP contribution in [0.15, 0.2) is 30.3 Å². The van der Waals surface area contributed by atoms with Crippen LogP contribution in [0.1, 0.15) is 11.1 Å². The van der Waals surface area contributed by atoms with Crippen molar-refractivity contribution in [3.63, 3.8) is 0 Å². The van der Waals surface area contributed by atoms with Gasteiger partial charge in [-0.25, -0.2) is 0 Å². The maximum absolute atomic E-state index is 12.2. The second kappa shape index (κ2) is 7.93. The Bertz CT molecular complexity index is 726. The summed E-state index contributed by atoms with van der Waals surface area (Å²) < 4.78 is 16.0. The maximum atomic E-state index is 12.2. The summed E-state index contributed by atoms with van der Waals surface area (Å²) in [5.41, 5.74) is 2.43. The summed E-state index contributed by atoms with van der Waals surface area (Å²) in [6, 6.07) is 9.02. The van der Waals surface area contributed by atoms with Crippen LogP contribution in [0.25, 0.3) is 0 Å². The van der Waals surface area contributed by atoms with E-state index in [-0.39, 0.29) is 12.5 Å². The summed E-state index contributed by atoms with van der Waals surface area (Å²) in [6.07, 6.45) is 0. The van der Waals surface area contributed by atoms with Crippen molar-refractivity contribution in [2.75, 3.05) is 26.1 Å². The number of hydrogen-bond acceptors (Lipinski definition) is 4. The summed E-state index contributed by atoms with van der Waals surface area (Å²) in [5.74, 6) is 1.30. The Morgan fingerprint density at radius 2 is 1.71 bits per heavy atom. The lowest BCUT2D eigenvalue weighted by Crippen LogP contribution is -2.21. The largest absolute Gasteiger partial charge is 0.495 e. The highest BCUT2D eigenvalue weighted by Crippen LogP contribution is 2.35. The zero-order chi connectivity index (χ0) is 17.7. The molecule has 2 rings (SSSR count). The average molecular weight is 350 g/mol. The van der Waals surface area contributed by atoms with E-state index < -0.39 is 0 Å². The van der Waals surface area contributed by atoms with Crippen LogP contribution in [0.3, 0.4) is 0 Å². The summed E-state index contributed by atoms with van der Waals surface area (Å²) in [7, 11) is 3.00. The quantitative estimate of drug-likeness (QED) is 0.856. The van der Waals surface area contributed by atoms with Crippen molar-refractivity contribution in [2.45, 2.75) is 13.8 Å². The highest BCUT2D eigenvalue weighted by molar-refractivity contribution is 6.32. The van der Waals surface area contributed by atoms with Gasteiger partial charge < -0.3 is 19.5 Å². The molecule has 0 bridgehead atoms. The van der Waals surface area contributed by atoms with Crippen LogP contribution in [0, 0.1) is 13.8 Å². The van der Waals surface area contributed by atoms with Gasteiger partial charge in [0.05, 0.1) is 24.9 Å². The summed E-state index contributed by atoms with van der Waals surface area (Å²) in [4.78, 5) is 12.2. The van der Waals surface area contributed by atoms with Crippen molar-refractivity contribution < 1.29 is 19.0 Å². The molecule has 6 heteroatoms. The highest BCUT2D eigenvalue weighted by atomic mass is 35.5. The van der Waals surface area contributed by atoms with Gasteiger partial charge >= 0.3 is 0 Å². The number of nitrogens with one attached hydrogen (secondary N) is 1. The third kappa shape index (κ3) is 4.11. The molecule has 24 heavy (non-hydrogen) atoms. The van der Waals surface area contributed by atoms with Crippen LogP contribution in [0.5, 0.6) is 17.2 Å². The van der Waals surface area contributed by atoms with E-state index in [1.165, 1.54) is 14.2 Å². The number of amides is 1. The Balaban J connectivity index is 2.10. The van der Waals surface area contributed by atoms with Crippen molar-refractivity contribution >= 4 is 23.2 Å². The lowest BCUT2D eigenvalue weighted by atomic mass is 10.1. The molecule has 1 N–H and O–H groups in total. The van der Waals surface area contributed by atoms with Crippen molar-refractivity contribution in [1.29, 1.82) is 0 Å². The van der Waals surface area contributed by atoms with Gasteiger partial charge in [0.2, 0.25) is 0 Å². The molecule has 2 aromatic rings. The van der Waals surface area contributed by atoms with Crippen LogP contribution >= 0.6 is 11.6 Å². The third-order valence-electron chi connectivity index (χ3n) is 3.50. The van der Waals surface area contributed by atoms with Crippen molar-refractivity contribution in [3.05, 3.63) is 46.5 Å². The first-order valence-electron chi connectivity index (χ1n) is 7.36. The lowest BCUT2D eigenvalue weighted by Gasteiger charge is -2.14. The summed E-state index contributed by atoms with van der Waals surface area (Å²) in [6.45, 7) is 3.76. The fourth-order valence-corrected chi connectivity index (χ4v) is 2.54. The molecule has 0 radical (unpaired) electrons. The molecule has 0 saturated carbocycles. The predicted molar refractivity (Wildman–Crippen MR) is 94.6 cm³/mol. The number of carbonyl (C=O) groups excluding carboxylic acids is 1. The Morgan fingerprint density at radius 1 is 1.08 bits per heavy atom. The van der Waals surface area contributed by atoms with Gasteiger partial charge in [0, 0.05) is 12.1 Å². The Kier molecular flexibility index (Phi) is 5.93. The SMILES string of the molecule is COc1cc(NC(=O)COc2c(C)cccc2C)c(OC)cc1Cl. The molecule has 0 fully saturated rings. The smallest absolute Gasteiger partial charge is 0.262 e. The van der Waals surface area contributed by atoms with Crippen molar-refractivity contribution in [3.8, 4) is 17.2 Å². The highest BCUT2D eigenvalue weighted by Gasteiger charge is 2.13. The van der Waals surface area contributed by atoms with Crippen molar-refractivity contribution in [1.82, 2.24) is 0 Å². The van der Waals surface area contributed by atoms with Crippen LogP contribution in [-0.4, -0.2) is 26.7 Å². The van der Waals surface area contributed by atoms with Gasteiger partial charge in [0.15, 0.2) is 6.61 Å². The molecule has 128 valence electrons.